The van der Waals surface area contributed by atoms with Crippen LogP contribution in [0.1, 0.15) is 0 Å². The summed E-state index contributed by atoms with van der Waals surface area (Å²) in [7, 11) is -4.94. The fraction of sp³-hybridized carbons (Fsp3) is 1.00. The van der Waals surface area contributed by atoms with Crippen molar-refractivity contribution in [2.24, 2.45) is 0 Å². The van der Waals surface area contributed by atoms with Crippen molar-refractivity contribution in [2.75, 3.05) is 0 Å². The van der Waals surface area contributed by atoms with Crippen LogP contribution in [-0.2, 0) is 10.4 Å². The predicted octanol–water partition coefficient (Wildman–Crippen LogP) is 1.55. The summed E-state index contributed by atoms with van der Waals surface area (Å²) in [5.74, 6) is 0. The highest BCUT2D eigenvalue weighted by molar-refractivity contribution is 7.79. The Bertz CT molecular complexity index is 158. The second-order valence-electron chi connectivity index (χ2n) is 3.91. The van der Waals surface area contributed by atoms with Crippen molar-refractivity contribution in [3.8, 4) is 0 Å². The molecule has 0 radical (unpaired) electrons. The van der Waals surface area contributed by atoms with Gasteiger partial charge in [-0.25, -0.2) is 0 Å². The van der Waals surface area contributed by atoms with Gasteiger partial charge in [-0.1, -0.05) is 39.3 Å². The van der Waals surface area contributed by atoms with Gasteiger partial charge in [0.2, 0.25) is 0 Å². The van der Waals surface area contributed by atoms with Gasteiger partial charge in [0.1, 0.15) is 0 Å². The molecule has 0 saturated carbocycles. The second kappa shape index (κ2) is 10.4. The van der Waals surface area contributed by atoms with Crippen LogP contribution < -0.4 is 0 Å². The average Bonchev–Trinajstić information content (AvgIpc) is 1.50. The first kappa shape index (κ1) is 19.0. The van der Waals surface area contributed by atoms with Crippen LogP contribution in [0.4, 0.5) is 0 Å². The Labute approximate surface area is 85.2 Å². The lowest BCUT2D eigenvalue weighted by Gasteiger charge is -1.75. The standard InChI is InChI=1S/2C3H10Si.H2O4S/c2*1-4(2)3;1-5(2,3)4/h2*4H,1-3H3;(H2,1,2,3,4). The summed E-state index contributed by atoms with van der Waals surface area (Å²) in [6.45, 7) is 13.8. The molecule has 0 aromatic rings. The Hall–Kier alpha value is 0.304. The molecule has 0 aromatic carbocycles. The smallest absolute Gasteiger partial charge is 0.264 e. The Balaban J connectivity index is -0.000000117. The zero-order valence-corrected chi connectivity index (χ0v) is 12.4. The molecular formula is C6H22O4SSi2. The Kier molecular flexibility index (Phi) is 15.2. The van der Waals surface area contributed by atoms with E-state index < -0.39 is 10.4 Å². The van der Waals surface area contributed by atoms with Gasteiger partial charge < -0.3 is 0 Å². The van der Waals surface area contributed by atoms with Gasteiger partial charge in [-0.3, -0.25) is 9.11 Å². The third-order valence-electron chi connectivity index (χ3n) is 0. The van der Waals surface area contributed by atoms with E-state index in [4.69, 9.17) is 17.5 Å². The second-order valence-corrected chi connectivity index (χ2v) is 11.7. The maximum Gasteiger partial charge on any atom is 0.394 e. The van der Waals surface area contributed by atoms with Crippen LogP contribution in [0.2, 0.25) is 39.3 Å². The predicted molar refractivity (Wildman–Crippen MR) is 63.7 cm³/mol. The Morgan fingerprint density at radius 1 is 0.769 bits per heavy atom. The van der Waals surface area contributed by atoms with E-state index in [0.717, 1.165) is 0 Å². The van der Waals surface area contributed by atoms with Gasteiger partial charge in [-0.15, -0.1) is 0 Å². The third-order valence-corrected chi connectivity index (χ3v) is 0. The summed E-state index contributed by atoms with van der Waals surface area (Å²) in [5.41, 5.74) is 0. The lowest BCUT2D eigenvalue weighted by Crippen LogP contribution is -1.89. The van der Waals surface area contributed by atoms with Gasteiger partial charge in [0.25, 0.3) is 0 Å². The summed E-state index contributed by atoms with van der Waals surface area (Å²) in [5, 5.41) is 0. The monoisotopic (exact) mass is 246 g/mol. The van der Waals surface area contributed by atoms with Crippen molar-refractivity contribution in [2.45, 2.75) is 39.3 Å². The molecule has 7 heteroatoms. The normalized spacial score (nSPS) is 10.0. The van der Waals surface area contributed by atoms with Crippen molar-refractivity contribution >= 4 is 28.0 Å². The molecule has 0 amide bonds. The molecule has 0 aliphatic heterocycles. The Morgan fingerprint density at radius 2 is 0.769 bits per heavy atom. The van der Waals surface area contributed by atoms with Gasteiger partial charge >= 0.3 is 10.4 Å². The van der Waals surface area contributed by atoms with Gasteiger partial charge in [-0.2, -0.15) is 8.42 Å². The molecule has 0 spiro atoms. The van der Waals surface area contributed by atoms with Gasteiger partial charge in [0.05, 0.1) is 0 Å². The number of hydrogen-bond acceptors (Lipinski definition) is 2. The molecule has 0 heterocycles. The van der Waals surface area contributed by atoms with Crippen LogP contribution in [0.5, 0.6) is 0 Å². The van der Waals surface area contributed by atoms with Crippen LogP contribution in [0, 0.1) is 0 Å². The summed E-state index contributed by atoms with van der Waals surface area (Å²) in [6.07, 6.45) is 0. The first-order valence-electron chi connectivity index (χ1n) is 4.16. The highest BCUT2D eigenvalue weighted by Gasteiger charge is 1.84. The van der Waals surface area contributed by atoms with Crippen LogP contribution >= 0.6 is 0 Å². The van der Waals surface area contributed by atoms with Crippen molar-refractivity contribution in [1.82, 2.24) is 0 Å². The largest absolute Gasteiger partial charge is 0.394 e. The SMILES string of the molecule is C[SiH](C)C.C[SiH](C)C.O=S(=O)(O)O. The summed E-state index contributed by atoms with van der Waals surface area (Å²) in [6, 6.07) is 0. The molecule has 0 aliphatic carbocycles. The highest BCUT2D eigenvalue weighted by atomic mass is 32.3. The van der Waals surface area contributed by atoms with Crippen molar-refractivity contribution in [3.63, 3.8) is 0 Å². The van der Waals surface area contributed by atoms with E-state index in [1.807, 2.05) is 0 Å². The molecule has 0 aromatic heterocycles. The van der Waals surface area contributed by atoms with E-state index in [2.05, 4.69) is 39.3 Å². The first-order chi connectivity index (χ1) is 5.46. The molecule has 84 valence electrons. The third kappa shape index (κ3) is 14200. The highest BCUT2D eigenvalue weighted by Crippen LogP contribution is 1.68. The quantitative estimate of drug-likeness (QED) is 0.502. The summed E-state index contributed by atoms with van der Waals surface area (Å²) >= 11 is 0. The molecule has 13 heavy (non-hydrogen) atoms. The fourth-order valence-electron chi connectivity index (χ4n) is 0. The van der Waals surface area contributed by atoms with E-state index in [9.17, 15) is 0 Å². The molecule has 0 aliphatic rings. The zero-order valence-electron chi connectivity index (χ0n) is 9.27. The summed E-state index contributed by atoms with van der Waals surface area (Å²) < 4.78 is 31.6. The van der Waals surface area contributed by atoms with Crippen molar-refractivity contribution in [1.29, 1.82) is 0 Å². The molecule has 2 N–H and O–H groups in total. The minimum Gasteiger partial charge on any atom is -0.264 e. The van der Waals surface area contributed by atoms with E-state index in [-0.39, 0.29) is 17.6 Å². The van der Waals surface area contributed by atoms with Crippen LogP contribution in [0.3, 0.4) is 0 Å². The Morgan fingerprint density at radius 3 is 0.769 bits per heavy atom. The number of hydrogen-bond donors (Lipinski definition) is 2. The maximum absolute atomic E-state index is 8.74. The lowest BCUT2D eigenvalue weighted by molar-refractivity contribution is 0.381. The number of rotatable bonds is 0. The minimum absolute atomic E-state index is 0.139. The van der Waals surface area contributed by atoms with Crippen molar-refractivity contribution in [3.05, 3.63) is 0 Å². The summed E-state index contributed by atoms with van der Waals surface area (Å²) in [4.78, 5) is 0. The lowest BCUT2D eigenvalue weighted by atomic mass is 11.8. The molecule has 0 fully saturated rings. The van der Waals surface area contributed by atoms with Gasteiger partial charge in [-0.05, 0) is 0 Å². The van der Waals surface area contributed by atoms with Crippen LogP contribution in [-0.4, -0.2) is 35.1 Å². The molecule has 0 atom stereocenters. The average molecular weight is 246 g/mol. The molecule has 0 saturated heterocycles. The fourth-order valence-corrected chi connectivity index (χ4v) is 0. The van der Waals surface area contributed by atoms with E-state index >= 15 is 0 Å². The molecule has 0 rings (SSSR count). The molecule has 4 nitrogen and oxygen atoms in total. The minimum atomic E-state index is -4.67. The van der Waals surface area contributed by atoms with E-state index in [0.29, 0.717) is 0 Å². The first-order valence-corrected chi connectivity index (χ1v) is 12.5. The molecule has 0 unspecified atom stereocenters. The van der Waals surface area contributed by atoms with E-state index in [1.165, 1.54) is 0 Å². The maximum atomic E-state index is 8.74. The van der Waals surface area contributed by atoms with Crippen molar-refractivity contribution < 1.29 is 17.5 Å². The van der Waals surface area contributed by atoms with Gasteiger partial charge in [0, 0.05) is 17.6 Å². The van der Waals surface area contributed by atoms with E-state index in [1.54, 1.807) is 0 Å². The van der Waals surface area contributed by atoms with Gasteiger partial charge in [0.15, 0.2) is 0 Å². The van der Waals surface area contributed by atoms with Crippen LogP contribution in [0.25, 0.3) is 0 Å². The topological polar surface area (TPSA) is 74.6 Å². The van der Waals surface area contributed by atoms with Crippen LogP contribution in [0.15, 0.2) is 0 Å². The molecular weight excluding hydrogens is 224 g/mol. The zero-order chi connectivity index (χ0) is 11.7. The molecule has 0 bridgehead atoms.